The molecule has 0 radical (unpaired) electrons. The number of thiazole rings is 1. The van der Waals surface area contributed by atoms with Crippen molar-refractivity contribution in [2.24, 2.45) is 11.5 Å². The van der Waals surface area contributed by atoms with Gasteiger partial charge in [-0.05, 0) is 62.6 Å². The fourth-order valence-corrected chi connectivity index (χ4v) is 6.88. The summed E-state index contributed by atoms with van der Waals surface area (Å²) in [5.74, 6) is 0.338. The van der Waals surface area contributed by atoms with Crippen molar-refractivity contribution in [2.45, 2.75) is 62.4 Å². The number of hydrogen-bond donors (Lipinski definition) is 4. The van der Waals surface area contributed by atoms with Crippen LogP contribution in [-0.2, 0) is 20.1 Å². The predicted octanol–water partition coefficient (Wildman–Crippen LogP) is 6.27. The van der Waals surface area contributed by atoms with Crippen molar-refractivity contribution in [3.63, 3.8) is 0 Å². The molecule has 2 aromatic heterocycles. The van der Waals surface area contributed by atoms with E-state index in [1.165, 1.54) is 30.0 Å². The van der Waals surface area contributed by atoms with E-state index in [-0.39, 0.29) is 24.3 Å². The number of rotatable bonds is 19. The van der Waals surface area contributed by atoms with Gasteiger partial charge >= 0.3 is 5.97 Å². The smallest absolute Gasteiger partial charge is 0.328 e. The predicted molar refractivity (Wildman–Crippen MR) is 205 cm³/mol. The second-order valence-electron chi connectivity index (χ2n) is 11.6. The van der Waals surface area contributed by atoms with E-state index < -0.39 is 24.0 Å². The number of ether oxygens (including phenoxy) is 2. The molecule has 272 valence electrons. The van der Waals surface area contributed by atoms with E-state index >= 15 is 0 Å². The highest BCUT2D eigenvalue weighted by Gasteiger charge is 2.23. The average molecular weight is 761 g/mol. The lowest BCUT2D eigenvalue weighted by molar-refractivity contribution is -0.148. The van der Waals surface area contributed by atoms with Crippen molar-refractivity contribution >= 4 is 52.4 Å². The lowest BCUT2D eigenvalue weighted by Gasteiger charge is -2.17. The monoisotopic (exact) mass is 760 g/mol. The molecule has 4 rings (SSSR count). The zero-order valence-corrected chi connectivity index (χ0v) is 31.4. The highest BCUT2D eigenvalue weighted by molar-refractivity contribution is 7.98. The van der Waals surface area contributed by atoms with Crippen LogP contribution in [0.2, 0.25) is 5.02 Å². The number of nitrogens with zero attached hydrogens (tertiary/aromatic N) is 4. The van der Waals surface area contributed by atoms with Gasteiger partial charge < -0.3 is 31.6 Å². The zero-order valence-electron chi connectivity index (χ0n) is 29.0. The third-order valence-electron chi connectivity index (χ3n) is 7.69. The minimum absolute atomic E-state index is 0.0436. The topological polar surface area (TPSA) is 202 Å². The molecule has 0 aliphatic carbocycles. The molecule has 0 spiro atoms. The number of carbonyl (C=O) groups excluding carboxylic acids is 2. The molecule has 0 saturated heterocycles. The Hall–Kier alpha value is -4.70. The molecule has 0 aliphatic rings. The number of unbranched alkanes of at least 4 members (excludes halogenated alkanes) is 1. The number of aromatic nitrogens is 2. The molecule has 2 aromatic carbocycles. The van der Waals surface area contributed by atoms with Gasteiger partial charge in [-0.25, -0.2) is 14.8 Å². The van der Waals surface area contributed by atoms with Crippen LogP contribution in [0.1, 0.15) is 56.4 Å². The lowest BCUT2D eigenvalue weighted by Crippen LogP contribution is -2.47. The summed E-state index contributed by atoms with van der Waals surface area (Å²) in [7, 11) is 0. The van der Waals surface area contributed by atoms with Crippen LogP contribution in [0.15, 0.2) is 58.9 Å². The second-order valence-corrected chi connectivity index (χ2v) is 13.9. The van der Waals surface area contributed by atoms with E-state index in [2.05, 4.69) is 22.8 Å². The number of pyridine rings is 1. The molecular weight excluding hydrogens is 720 g/mol. The van der Waals surface area contributed by atoms with Crippen molar-refractivity contribution in [3.8, 4) is 39.6 Å². The molecule has 0 saturated carbocycles. The highest BCUT2D eigenvalue weighted by Crippen LogP contribution is 2.38. The first-order valence-corrected chi connectivity index (χ1v) is 19.0. The van der Waals surface area contributed by atoms with Gasteiger partial charge in [0.15, 0.2) is 0 Å². The van der Waals surface area contributed by atoms with Crippen molar-refractivity contribution in [1.82, 2.24) is 15.3 Å². The summed E-state index contributed by atoms with van der Waals surface area (Å²) in [5, 5.41) is 30.4. The lowest BCUT2D eigenvalue weighted by atomic mass is 9.96. The number of anilines is 1. The van der Waals surface area contributed by atoms with Crippen molar-refractivity contribution in [2.75, 3.05) is 31.6 Å². The average Bonchev–Trinajstić information content (AvgIpc) is 3.63. The first-order valence-electron chi connectivity index (χ1n) is 16.8. The van der Waals surface area contributed by atoms with Crippen LogP contribution >= 0.6 is 34.7 Å². The van der Waals surface area contributed by atoms with Gasteiger partial charge in [0, 0.05) is 33.8 Å². The van der Waals surface area contributed by atoms with Gasteiger partial charge in [0.05, 0.1) is 17.3 Å². The maximum absolute atomic E-state index is 12.4. The number of benzene rings is 2. The first kappa shape index (κ1) is 40.1. The number of carbonyl (C=O) groups is 2. The van der Waals surface area contributed by atoms with Crippen molar-refractivity contribution in [1.29, 1.82) is 10.5 Å². The maximum atomic E-state index is 12.4. The third-order valence-corrected chi connectivity index (χ3v) is 9.89. The van der Waals surface area contributed by atoms with Gasteiger partial charge in [-0.2, -0.15) is 10.5 Å². The molecule has 15 heteroatoms. The van der Waals surface area contributed by atoms with Gasteiger partial charge in [-0.15, -0.1) is 11.3 Å². The second kappa shape index (κ2) is 20.4. The summed E-state index contributed by atoms with van der Waals surface area (Å²) in [6.07, 6.45) is 2.79. The van der Waals surface area contributed by atoms with E-state index in [4.69, 9.17) is 42.5 Å². The minimum Gasteiger partial charge on any atom is -0.490 e. The molecule has 1 amide bonds. The van der Waals surface area contributed by atoms with Crippen LogP contribution in [0.5, 0.6) is 5.75 Å². The van der Waals surface area contributed by atoms with Crippen LogP contribution in [0.4, 0.5) is 5.82 Å². The highest BCUT2D eigenvalue weighted by atomic mass is 35.5. The van der Waals surface area contributed by atoms with E-state index in [0.29, 0.717) is 58.0 Å². The molecule has 6 N–H and O–H groups in total. The molecule has 4 aromatic rings. The number of nitrogens with one attached hydrogen (secondary N) is 2. The molecule has 12 nitrogen and oxygen atoms in total. The minimum atomic E-state index is -0.871. The number of halogens is 1. The van der Waals surface area contributed by atoms with Gasteiger partial charge in [-0.1, -0.05) is 61.0 Å². The number of nitrogens with two attached hydrogens (primary N) is 2. The van der Waals surface area contributed by atoms with E-state index in [0.717, 1.165) is 35.5 Å². The zero-order chi connectivity index (χ0) is 37.5. The fraction of sp³-hybridized carbons (Fsp3) is 0.351. The SMILES string of the molecule is CCCNc1nc(SCc2csc(-c3ccc(Cl)cc3)n2)c(C#N)c(-c2ccc(OCCOC(=O)C(C)NC(=O)C(N)CCCCN)cc2)c1C#N. The summed E-state index contributed by atoms with van der Waals surface area (Å²) in [5.41, 5.74) is 14.8. The summed E-state index contributed by atoms with van der Waals surface area (Å²) in [4.78, 5) is 34.1. The van der Waals surface area contributed by atoms with Crippen LogP contribution in [0, 0.1) is 22.7 Å². The molecule has 52 heavy (non-hydrogen) atoms. The van der Waals surface area contributed by atoms with Crippen LogP contribution < -0.4 is 26.8 Å². The molecular formula is C37H41ClN8O4S2. The number of nitriles is 2. The Morgan fingerprint density at radius 2 is 1.73 bits per heavy atom. The molecule has 0 aliphatic heterocycles. The van der Waals surface area contributed by atoms with Crippen LogP contribution in [0.25, 0.3) is 21.7 Å². The number of esters is 1. The molecule has 0 bridgehead atoms. The summed E-state index contributed by atoms with van der Waals surface area (Å²) < 4.78 is 11.0. The summed E-state index contributed by atoms with van der Waals surface area (Å²) in [6.45, 7) is 4.69. The van der Waals surface area contributed by atoms with Gasteiger partial charge in [0.25, 0.3) is 0 Å². The van der Waals surface area contributed by atoms with Gasteiger partial charge in [-0.3, -0.25) is 4.79 Å². The summed E-state index contributed by atoms with van der Waals surface area (Å²) >= 11 is 8.95. The van der Waals surface area contributed by atoms with Crippen molar-refractivity contribution < 1.29 is 19.1 Å². The molecule has 0 fully saturated rings. The Morgan fingerprint density at radius 1 is 1.02 bits per heavy atom. The largest absolute Gasteiger partial charge is 0.490 e. The Balaban J connectivity index is 1.43. The Kier molecular flexibility index (Phi) is 15.7. The third kappa shape index (κ3) is 11.1. The van der Waals surface area contributed by atoms with Gasteiger partial charge in [0.1, 0.15) is 58.6 Å². The quantitative estimate of drug-likeness (QED) is 0.0475. The van der Waals surface area contributed by atoms with Crippen LogP contribution in [0.3, 0.4) is 0 Å². The van der Waals surface area contributed by atoms with Gasteiger partial charge in [0.2, 0.25) is 5.91 Å². The molecule has 2 unspecified atom stereocenters. The maximum Gasteiger partial charge on any atom is 0.328 e. The number of amides is 1. The first-order chi connectivity index (χ1) is 25.2. The van der Waals surface area contributed by atoms with Crippen molar-refractivity contribution in [3.05, 3.63) is 75.8 Å². The Labute approximate surface area is 316 Å². The Bertz CT molecular complexity index is 1890. The standard InChI is InChI=1S/C37H41ClN8O4S2/c1-3-16-43-33-29(19-40)32(30(20-41)36(46-33)52-22-27-21-51-35(45-27)25-7-11-26(38)12-8-25)24-9-13-28(14-10-24)49-17-18-50-37(48)23(2)44-34(47)31(42)6-4-5-15-39/h7-14,21,23,31H,3-6,15-18,22,39,42H2,1-2H3,(H,43,46)(H,44,47). The summed E-state index contributed by atoms with van der Waals surface area (Å²) in [6, 6.07) is 17.4. The number of hydrogen-bond acceptors (Lipinski definition) is 13. The fourth-order valence-electron chi connectivity index (χ4n) is 4.94. The normalized spacial score (nSPS) is 11.9. The van der Waals surface area contributed by atoms with E-state index in [9.17, 15) is 20.1 Å². The molecule has 2 heterocycles. The van der Waals surface area contributed by atoms with E-state index in [1.807, 2.05) is 36.6 Å². The van der Waals surface area contributed by atoms with Crippen LogP contribution in [-0.4, -0.2) is 60.2 Å². The number of thioether (sulfide) groups is 1. The van der Waals surface area contributed by atoms with E-state index in [1.54, 1.807) is 24.3 Å². The molecule has 2 atom stereocenters. The Morgan fingerprint density at radius 3 is 2.40 bits per heavy atom.